The Bertz CT molecular complexity index is 271. The summed E-state index contributed by atoms with van der Waals surface area (Å²) in [4.78, 5) is 22.6. The van der Waals surface area contributed by atoms with E-state index >= 15 is 0 Å². The van der Waals surface area contributed by atoms with Gasteiger partial charge in [-0.25, -0.2) is 4.79 Å². The van der Waals surface area contributed by atoms with Gasteiger partial charge in [-0.05, 0) is 19.8 Å². The van der Waals surface area contributed by atoms with Crippen LogP contribution < -0.4 is 5.73 Å². The topological polar surface area (TPSA) is 69.4 Å². The molecule has 0 saturated heterocycles. The van der Waals surface area contributed by atoms with Crippen molar-refractivity contribution in [1.82, 2.24) is 0 Å². The number of rotatable bonds is 3. The van der Waals surface area contributed by atoms with Crippen LogP contribution in [0.3, 0.4) is 0 Å². The van der Waals surface area contributed by atoms with E-state index in [4.69, 9.17) is 10.5 Å². The summed E-state index contributed by atoms with van der Waals surface area (Å²) >= 11 is 0. The molecule has 0 aromatic heterocycles. The lowest BCUT2D eigenvalue weighted by atomic mass is 9.93. The maximum Gasteiger partial charge on any atom is 0.327 e. The van der Waals surface area contributed by atoms with Crippen molar-refractivity contribution in [3.05, 3.63) is 11.6 Å². The van der Waals surface area contributed by atoms with Gasteiger partial charge in [0.1, 0.15) is 6.04 Å². The fourth-order valence-corrected chi connectivity index (χ4v) is 1.44. The van der Waals surface area contributed by atoms with Gasteiger partial charge in [-0.15, -0.1) is 0 Å². The van der Waals surface area contributed by atoms with Crippen molar-refractivity contribution >= 4 is 11.8 Å². The molecule has 4 nitrogen and oxygen atoms in total. The van der Waals surface area contributed by atoms with Crippen molar-refractivity contribution in [3.63, 3.8) is 0 Å². The highest BCUT2D eigenvalue weighted by atomic mass is 16.5. The largest absolute Gasteiger partial charge is 0.465 e. The third-order valence-corrected chi connectivity index (χ3v) is 2.17. The molecule has 1 atom stereocenters. The second-order valence-electron chi connectivity index (χ2n) is 3.20. The summed E-state index contributed by atoms with van der Waals surface area (Å²) in [5, 5.41) is 0. The summed E-state index contributed by atoms with van der Waals surface area (Å²) in [7, 11) is 0. The smallest absolute Gasteiger partial charge is 0.327 e. The molecule has 1 rings (SSSR count). The molecule has 1 aliphatic rings. The first-order valence-electron chi connectivity index (χ1n) is 4.82. The number of ether oxygens (including phenoxy) is 1. The fourth-order valence-electron chi connectivity index (χ4n) is 1.44. The van der Waals surface area contributed by atoms with Gasteiger partial charge in [0.05, 0.1) is 6.61 Å². The van der Waals surface area contributed by atoms with Gasteiger partial charge >= 0.3 is 5.97 Å². The zero-order valence-corrected chi connectivity index (χ0v) is 8.29. The molecule has 0 fully saturated rings. The van der Waals surface area contributed by atoms with E-state index in [9.17, 15) is 9.59 Å². The maximum atomic E-state index is 11.4. The monoisotopic (exact) mass is 197 g/mol. The molecule has 0 aromatic rings. The number of esters is 1. The molecule has 4 heteroatoms. The molecule has 0 amide bonds. The molecular weight excluding hydrogens is 182 g/mol. The summed E-state index contributed by atoms with van der Waals surface area (Å²) in [6, 6.07) is -0.900. The second-order valence-corrected chi connectivity index (χ2v) is 3.20. The SMILES string of the molecule is CCOC(=O)C(N)C1=CCCCC1=O. The maximum absolute atomic E-state index is 11.4. The van der Waals surface area contributed by atoms with Crippen LogP contribution in [0.1, 0.15) is 26.2 Å². The lowest BCUT2D eigenvalue weighted by molar-refractivity contribution is -0.144. The van der Waals surface area contributed by atoms with Crippen molar-refractivity contribution in [2.45, 2.75) is 32.2 Å². The fraction of sp³-hybridized carbons (Fsp3) is 0.600. The Morgan fingerprint density at radius 1 is 1.71 bits per heavy atom. The molecule has 2 N–H and O–H groups in total. The number of carbonyl (C=O) groups is 2. The average Bonchev–Trinajstić information content (AvgIpc) is 2.18. The van der Waals surface area contributed by atoms with Crippen molar-refractivity contribution in [2.75, 3.05) is 6.61 Å². The lowest BCUT2D eigenvalue weighted by Gasteiger charge is -2.16. The molecule has 0 bridgehead atoms. The van der Waals surface area contributed by atoms with Crippen LogP contribution in [0.25, 0.3) is 0 Å². The van der Waals surface area contributed by atoms with Crippen molar-refractivity contribution < 1.29 is 14.3 Å². The molecule has 0 aromatic carbocycles. The highest BCUT2D eigenvalue weighted by molar-refractivity contribution is 6.02. The molecule has 1 unspecified atom stereocenters. The number of nitrogens with two attached hydrogens (primary N) is 1. The first-order valence-corrected chi connectivity index (χ1v) is 4.82. The highest BCUT2D eigenvalue weighted by Crippen LogP contribution is 2.16. The minimum atomic E-state index is -0.900. The van der Waals surface area contributed by atoms with Crippen LogP contribution in [0.4, 0.5) is 0 Å². The number of ketones is 1. The van der Waals surface area contributed by atoms with Gasteiger partial charge in [0.2, 0.25) is 0 Å². The van der Waals surface area contributed by atoms with Gasteiger partial charge in [0.25, 0.3) is 0 Å². The number of carbonyl (C=O) groups excluding carboxylic acids is 2. The third-order valence-electron chi connectivity index (χ3n) is 2.17. The van der Waals surface area contributed by atoms with Crippen LogP contribution in [-0.4, -0.2) is 24.4 Å². The summed E-state index contributed by atoms with van der Waals surface area (Å²) in [5.74, 6) is -0.550. The molecule has 0 heterocycles. The van der Waals surface area contributed by atoms with Crippen molar-refractivity contribution in [1.29, 1.82) is 0 Å². The summed E-state index contributed by atoms with van der Waals surface area (Å²) in [6.07, 6.45) is 3.89. The van der Waals surface area contributed by atoms with E-state index in [0.717, 1.165) is 12.8 Å². The quantitative estimate of drug-likeness (QED) is 0.671. The number of Topliss-reactive ketones (excluding diaryl/α,β-unsaturated/α-hetero) is 1. The molecule has 0 spiro atoms. The Morgan fingerprint density at radius 3 is 3.00 bits per heavy atom. The highest BCUT2D eigenvalue weighted by Gasteiger charge is 2.26. The average molecular weight is 197 g/mol. The Balaban J connectivity index is 2.67. The van der Waals surface area contributed by atoms with Gasteiger partial charge < -0.3 is 10.5 Å². The number of hydrogen-bond acceptors (Lipinski definition) is 4. The first kappa shape index (κ1) is 10.9. The summed E-state index contributed by atoms with van der Waals surface area (Å²) in [5.41, 5.74) is 6.02. The third kappa shape index (κ3) is 2.42. The minimum Gasteiger partial charge on any atom is -0.465 e. The number of hydrogen-bond donors (Lipinski definition) is 1. The second kappa shape index (κ2) is 4.91. The van der Waals surface area contributed by atoms with Crippen molar-refractivity contribution in [3.8, 4) is 0 Å². The van der Waals surface area contributed by atoms with E-state index < -0.39 is 12.0 Å². The molecule has 14 heavy (non-hydrogen) atoms. The summed E-state index contributed by atoms with van der Waals surface area (Å²) in [6.45, 7) is 2.00. The van der Waals surface area contributed by atoms with Gasteiger partial charge in [-0.2, -0.15) is 0 Å². The van der Waals surface area contributed by atoms with E-state index in [2.05, 4.69) is 0 Å². The van der Waals surface area contributed by atoms with Crippen molar-refractivity contribution in [2.24, 2.45) is 5.73 Å². The van der Waals surface area contributed by atoms with E-state index in [1.165, 1.54) is 0 Å². The predicted octanol–water partition coefficient (Wildman–Crippen LogP) is 0.556. The van der Waals surface area contributed by atoms with E-state index in [0.29, 0.717) is 12.0 Å². The lowest BCUT2D eigenvalue weighted by Crippen LogP contribution is -2.37. The molecule has 0 radical (unpaired) electrons. The van der Waals surface area contributed by atoms with Gasteiger partial charge in [0.15, 0.2) is 5.78 Å². The molecule has 1 aliphatic carbocycles. The Morgan fingerprint density at radius 2 is 2.43 bits per heavy atom. The normalized spacial score (nSPS) is 18.7. The zero-order valence-electron chi connectivity index (χ0n) is 8.29. The minimum absolute atomic E-state index is 0.0307. The molecular formula is C10H15NO3. The van der Waals surface area contributed by atoms with Crippen LogP contribution in [0.15, 0.2) is 11.6 Å². The number of allylic oxidation sites excluding steroid dienone is 1. The van der Waals surface area contributed by atoms with E-state index in [1.54, 1.807) is 13.0 Å². The van der Waals surface area contributed by atoms with Crippen LogP contribution in [0.2, 0.25) is 0 Å². The van der Waals surface area contributed by atoms with Crippen LogP contribution in [-0.2, 0) is 14.3 Å². The molecule has 0 aliphatic heterocycles. The Labute approximate surface area is 83.1 Å². The zero-order chi connectivity index (χ0) is 10.6. The Hall–Kier alpha value is -1.16. The van der Waals surface area contributed by atoms with Crippen LogP contribution in [0, 0.1) is 0 Å². The van der Waals surface area contributed by atoms with Gasteiger partial charge in [-0.3, -0.25) is 4.79 Å². The summed E-state index contributed by atoms with van der Waals surface area (Å²) < 4.78 is 4.75. The van der Waals surface area contributed by atoms with Crippen LogP contribution in [0.5, 0.6) is 0 Å². The first-order chi connectivity index (χ1) is 6.66. The van der Waals surface area contributed by atoms with E-state index in [-0.39, 0.29) is 12.4 Å². The molecule has 0 saturated carbocycles. The standard InChI is InChI=1S/C10H15NO3/c1-2-14-10(13)9(11)7-5-3-4-6-8(7)12/h5,9H,2-4,6,11H2,1H3. The van der Waals surface area contributed by atoms with Gasteiger partial charge in [0, 0.05) is 12.0 Å². The Kier molecular flexibility index (Phi) is 3.83. The predicted molar refractivity (Wildman–Crippen MR) is 51.5 cm³/mol. The van der Waals surface area contributed by atoms with Gasteiger partial charge in [-0.1, -0.05) is 6.08 Å². The van der Waals surface area contributed by atoms with E-state index in [1.807, 2.05) is 0 Å². The van der Waals surface area contributed by atoms with Crippen LogP contribution >= 0.6 is 0 Å². The molecule has 78 valence electrons.